The lowest BCUT2D eigenvalue weighted by molar-refractivity contribution is -0.149. The zero-order chi connectivity index (χ0) is 44.1. The number of nitrogens with zero attached hydrogens (tertiary/aromatic N) is 2. The molecular weight excluding hydrogens is 780 g/mol. The van der Waals surface area contributed by atoms with E-state index < -0.39 is 109 Å². The van der Waals surface area contributed by atoms with Crippen molar-refractivity contribution in [3.63, 3.8) is 0 Å². The molecule has 60 heavy (non-hydrogen) atoms. The molecule has 19 heteroatoms. The Kier molecular flexibility index (Phi) is 16.9. The molecule has 2 aliphatic rings. The van der Waals surface area contributed by atoms with Crippen LogP contribution in [0.2, 0.25) is 0 Å². The normalized spacial score (nSPS) is 18.7. The van der Waals surface area contributed by atoms with Crippen LogP contribution in [0.15, 0.2) is 54.6 Å². The van der Waals surface area contributed by atoms with Gasteiger partial charge in [-0.3, -0.25) is 33.6 Å². The molecule has 19 nitrogen and oxygen atoms in total. The molecule has 4 rings (SSSR count). The summed E-state index contributed by atoms with van der Waals surface area (Å²) in [6.45, 7) is 3.81. The number of rotatable bonds is 19. The summed E-state index contributed by atoms with van der Waals surface area (Å²) in [4.78, 5) is 107. The first-order valence-corrected chi connectivity index (χ1v) is 20.0. The number of phenols is 1. The van der Waals surface area contributed by atoms with Crippen molar-refractivity contribution < 1.29 is 53.7 Å². The Balaban J connectivity index is 1.34. The summed E-state index contributed by atoms with van der Waals surface area (Å²) >= 11 is 0. The second-order valence-electron chi connectivity index (χ2n) is 15.5. The molecule has 0 aliphatic carbocycles. The lowest BCUT2D eigenvalue weighted by Gasteiger charge is -2.34. The van der Waals surface area contributed by atoms with Crippen molar-refractivity contribution >= 4 is 47.3 Å². The molecule has 10 N–H and O–H groups in total. The molecule has 2 aromatic rings. The number of aromatic hydroxyl groups is 1. The van der Waals surface area contributed by atoms with Gasteiger partial charge in [0.2, 0.25) is 41.4 Å². The van der Waals surface area contributed by atoms with Gasteiger partial charge in [0.1, 0.15) is 36.0 Å². The van der Waals surface area contributed by atoms with Crippen molar-refractivity contribution in [3.05, 3.63) is 65.7 Å². The number of carbonyl (C=O) groups is 8. The van der Waals surface area contributed by atoms with E-state index in [1.54, 1.807) is 56.3 Å². The highest BCUT2D eigenvalue weighted by Crippen LogP contribution is 2.26. The molecular formula is C41H56N8O11. The van der Waals surface area contributed by atoms with Crippen molar-refractivity contribution in [1.82, 2.24) is 36.4 Å². The predicted molar refractivity (Wildman–Crippen MR) is 215 cm³/mol. The van der Waals surface area contributed by atoms with E-state index in [1.807, 2.05) is 0 Å². The number of aliphatic carboxylic acids is 1. The summed E-state index contributed by atoms with van der Waals surface area (Å²) in [5.41, 5.74) is 7.33. The lowest BCUT2D eigenvalue weighted by atomic mass is 10.0. The highest BCUT2D eigenvalue weighted by atomic mass is 16.4. The van der Waals surface area contributed by atoms with E-state index in [1.165, 1.54) is 28.9 Å². The zero-order valence-corrected chi connectivity index (χ0v) is 34.0. The minimum absolute atomic E-state index is 0.0544. The third-order valence-corrected chi connectivity index (χ3v) is 10.5. The van der Waals surface area contributed by atoms with Crippen LogP contribution in [0.3, 0.4) is 0 Å². The van der Waals surface area contributed by atoms with Crippen molar-refractivity contribution in [2.24, 2.45) is 11.7 Å². The topological polar surface area (TPSA) is 290 Å². The number of benzene rings is 2. The van der Waals surface area contributed by atoms with Crippen molar-refractivity contribution in [1.29, 1.82) is 0 Å². The number of carbonyl (C=O) groups excluding carboxylic acids is 7. The number of nitrogens with one attached hydrogen (secondary N) is 5. The fourth-order valence-corrected chi connectivity index (χ4v) is 7.19. The van der Waals surface area contributed by atoms with Gasteiger partial charge in [0, 0.05) is 19.5 Å². The summed E-state index contributed by atoms with van der Waals surface area (Å²) in [7, 11) is 0. The van der Waals surface area contributed by atoms with E-state index in [2.05, 4.69) is 26.6 Å². The standard InChI is InChI=1S/C41H56N8O11/c1-23(2)34(41(59)60)47-37(55)29(20-25-9-5-4-6-10-25)45-38(56)30-11-7-17-48(30)39(57)31-12-8-18-49(31)40(58)35(24(3)50)46-33(53)22-43-32(52)21-44-36(54)28(42)19-26-13-15-27(51)16-14-26/h4-6,9-10,13-16,23-24,28-31,34-35,50-51H,7-8,11-12,17-22,42H2,1-3H3,(H,43,52)(H,44,54)(H,45,56)(H,46,53)(H,47,55)(H,59,60)/t24-,28+,29+,30+,31+,34+,35+/m1/s1. The SMILES string of the molecule is CC(C)[C@H](NC(=O)[C@H](Cc1ccccc1)NC(=O)[C@@H]1CCCN1C(=O)[C@@H]1CCCN1C(=O)[C@@H](NC(=O)CNC(=O)CNC(=O)[C@@H](N)Cc1ccc(O)cc1)[C@@H](C)O)C(=O)O. The van der Waals surface area contributed by atoms with Crippen molar-refractivity contribution in [3.8, 4) is 5.75 Å². The van der Waals surface area contributed by atoms with Crippen LogP contribution in [0.5, 0.6) is 5.75 Å². The monoisotopic (exact) mass is 836 g/mol. The third-order valence-electron chi connectivity index (χ3n) is 10.5. The maximum Gasteiger partial charge on any atom is 0.326 e. The Hall–Kier alpha value is -6.08. The number of carboxylic acids is 1. The summed E-state index contributed by atoms with van der Waals surface area (Å²) in [6.07, 6.45) is 0.207. The Morgan fingerprint density at radius 1 is 0.717 bits per heavy atom. The maximum atomic E-state index is 14.1. The Labute approximate surface area is 347 Å². The van der Waals surface area contributed by atoms with Crippen LogP contribution in [0.1, 0.15) is 57.6 Å². The van der Waals surface area contributed by atoms with Crippen molar-refractivity contribution in [2.45, 2.75) is 102 Å². The van der Waals surface area contributed by atoms with Crippen molar-refractivity contribution in [2.75, 3.05) is 26.2 Å². The molecule has 0 unspecified atom stereocenters. The minimum atomic E-state index is -1.49. The van der Waals surface area contributed by atoms with Gasteiger partial charge in [0.25, 0.3) is 0 Å². The molecule has 2 aliphatic heterocycles. The molecule has 0 saturated carbocycles. The van der Waals surface area contributed by atoms with E-state index >= 15 is 0 Å². The van der Waals surface area contributed by atoms with Gasteiger partial charge in [0.05, 0.1) is 25.2 Å². The number of likely N-dealkylation sites (tertiary alicyclic amines) is 2. The quantitative estimate of drug-likeness (QED) is 0.0766. The van der Waals surface area contributed by atoms with Gasteiger partial charge in [-0.1, -0.05) is 56.3 Å². The highest BCUT2D eigenvalue weighted by molar-refractivity contribution is 5.97. The number of aliphatic hydroxyl groups excluding tert-OH is 1. The molecule has 7 atom stereocenters. The number of amides is 7. The van der Waals surface area contributed by atoms with E-state index in [0.717, 1.165) is 0 Å². The van der Waals surface area contributed by atoms with Gasteiger partial charge in [-0.15, -0.1) is 0 Å². The average Bonchev–Trinajstić information content (AvgIpc) is 3.91. The summed E-state index contributed by atoms with van der Waals surface area (Å²) in [5, 5.41) is 42.0. The fourth-order valence-electron chi connectivity index (χ4n) is 7.19. The third kappa shape index (κ3) is 13.0. The lowest BCUT2D eigenvalue weighted by Crippen LogP contribution is -2.60. The first-order chi connectivity index (χ1) is 28.5. The number of aliphatic hydroxyl groups is 1. The van der Waals surface area contributed by atoms with Gasteiger partial charge in [-0.25, -0.2) is 4.79 Å². The maximum absolute atomic E-state index is 14.1. The number of carboxylic acid groups (broad SMARTS) is 1. The van der Waals surface area contributed by atoms with E-state index in [4.69, 9.17) is 5.73 Å². The van der Waals surface area contributed by atoms with Crippen LogP contribution in [0, 0.1) is 5.92 Å². The van der Waals surface area contributed by atoms with Gasteiger partial charge < -0.3 is 57.4 Å². The zero-order valence-electron chi connectivity index (χ0n) is 34.0. The highest BCUT2D eigenvalue weighted by Gasteiger charge is 2.45. The summed E-state index contributed by atoms with van der Waals surface area (Å²) in [5.74, 6) is -6.34. The second-order valence-corrected chi connectivity index (χ2v) is 15.5. The van der Waals surface area contributed by atoms with Gasteiger partial charge in [0.15, 0.2) is 0 Å². The largest absolute Gasteiger partial charge is 0.508 e. The molecule has 2 saturated heterocycles. The van der Waals surface area contributed by atoms with E-state index in [0.29, 0.717) is 24.0 Å². The average molecular weight is 837 g/mol. The molecule has 2 aromatic carbocycles. The minimum Gasteiger partial charge on any atom is -0.508 e. The van der Waals surface area contributed by atoms with Gasteiger partial charge in [-0.05, 0) is 68.2 Å². The summed E-state index contributed by atoms with van der Waals surface area (Å²) in [6, 6.07) is 8.13. The number of hydrogen-bond donors (Lipinski definition) is 9. The number of hydrogen-bond acceptors (Lipinski definition) is 11. The molecule has 326 valence electrons. The van der Waals surface area contributed by atoms with Gasteiger partial charge >= 0.3 is 5.97 Å². The molecule has 2 heterocycles. The Morgan fingerprint density at radius 2 is 1.32 bits per heavy atom. The number of phenolic OH excluding ortho intramolecular Hbond substituents is 1. The fraction of sp³-hybridized carbons (Fsp3) is 0.512. The van der Waals surface area contributed by atoms with Crippen LogP contribution in [0.25, 0.3) is 0 Å². The molecule has 0 radical (unpaired) electrons. The Bertz CT molecular complexity index is 1860. The van der Waals surface area contributed by atoms with E-state index in [-0.39, 0.29) is 44.5 Å². The smallest absolute Gasteiger partial charge is 0.326 e. The van der Waals surface area contributed by atoms with E-state index in [9.17, 15) is 53.7 Å². The molecule has 7 amide bonds. The molecule has 2 fully saturated rings. The van der Waals surface area contributed by atoms with Gasteiger partial charge in [-0.2, -0.15) is 0 Å². The van der Waals surface area contributed by atoms with Crippen LogP contribution in [-0.2, 0) is 51.2 Å². The first-order valence-electron chi connectivity index (χ1n) is 20.0. The Morgan fingerprint density at radius 3 is 1.93 bits per heavy atom. The van der Waals surface area contributed by atoms with Crippen LogP contribution in [0.4, 0.5) is 0 Å². The molecule has 0 spiro atoms. The summed E-state index contributed by atoms with van der Waals surface area (Å²) < 4.78 is 0. The van der Waals surface area contributed by atoms with Crippen LogP contribution in [-0.4, -0.2) is 141 Å². The molecule has 0 bridgehead atoms. The second kappa shape index (κ2) is 21.8. The molecule has 0 aromatic heterocycles. The number of nitrogens with two attached hydrogens (primary N) is 1. The first kappa shape index (κ1) is 46.6. The van der Waals surface area contributed by atoms with Crippen LogP contribution < -0.4 is 32.3 Å². The predicted octanol–water partition coefficient (Wildman–Crippen LogP) is -1.71. The van der Waals surface area contributed by atoms with Crippen LogP contribution >= 0.6 is 0 Å².